The molecule has 86 valence electrons. The predicted octanol–water partition coefficient (Wildman–Crippen LogP) is 1.86. The minimum absolute atomic E-state index is 0.786. The second-order valence-electron chi connectivity index (χ2n) is 5.98. The normalized spacial score (nSPS) is 44.4. The third-order valence-corrected chi connectivity index (χ3v) is 4.94. The number of fused-ring (bicyclic) bond motifs is 2. The molecular formula is C13H24N2. The van der Waals surface area contributed by atoms with Gasteiger partial charge in [-0.25, -0.2) is 0 Å². The Bertz CT molecular complexity index is 223. The fourth-order valence-corrected chi connectivity index (χ4v) is 4.15. The van der Waals surface area contributed by atoms with Gasteiger partial charge in [-0.05, 0) is 57.5 Å². The van der Waals surface area contributed by atoms with Gasteiger partial charge in [-0.1, -0.05) is 6.42 Å². The monoisotopic (exact) mass is 208 g/mol. The first kappa shape index (κ1) is 10.1. The SMILES string of the molecule is CN(CC1CCCN1)C1CC2CCC1C2. The van der Waals surface area contributed by atoms with Crippen LogP contribution < -0.4 is 5.32 Å². The number of rotatable bonds is 3. The van der Waals surface area contributed by atoms with E-state index in [4.69, 9.17) is 0 Å². The Labute approximate surface area is 93.4 Å². The lowest BCUT2D eigenvalue weighted by atomic mass is 9.94. The highest BCUT2D eigenvalue weighted by Crippen LogP contribution is 2.46. The summed E-state index contributed by atoms with van der Waals surface area (Å²) in [4.78, 5) is 2.66. The number of nitrogens with one attached hydrogen (secondary N) is 1. The van der Waals surface area contributed by atoms with Crippen molar-refractivity contribution >= 4 is 0 Å². The molecule has 0 aromatic carbocycles. The minimum atomic E-state index is 0.786. The maximum atomic E-state index is 3.61. The molecule has 2 nitrogen and oxygen atoms in total. The second-order valence-corrected chi connectivity index (χ2v) is 5.98. The minimum Gasteiger partial charge on any atom is -0.313 e. The third kappa shape index (κ3) is 1.94. The van der Waals surface area contributed by atoms with Crippen LogP contribution >= 0.6 is 0 Å². The van der Waals surface area contributed by atoms with Gasteiger partial charge in [0, 0.05) is 18.6 Å². The lowest BCUT2D eigenvalue weighted by Gasteiger charge is -2.33. The molecule has 0 aromatic rings. The van der Waals surface area contributed by atoms with E-state index in [0.29, 0.717) is 0 Å². The Morgan fingerprint density at radius 1 is 1.20 bits per heavy atom. The van der Waals surface area contributed by atoms with Crippen molar-refractivity contribution in [3.8, 4) is 0 Å². The van der Waals surface area contributed by atoms with Crippen LogP contribution in [0.3, 0.4) is 0 Å². The summed E-state index contributed by atoms with van der Waals surface area (Å²) in [5.41, 5.74) is 0. The first-order valence-corrected chi connectivity index (χ1v) is 6.76. The van der Waals surface area contributed by atoms with Crippen LogP contribution in [-0.2, 0) is 0 Å². The zero-order chi connectivity index (χ0) is 10.3. The summed E-state index contributed by atoms with van der Waals surface area (Å²) < 4.78 is 0. The summed E-state index contributed by atoms with van der Waals surface area (Å²) in [6.07, 6.45) is 8.84. The number of likely N-dealkylation sites (N-methyl/N-ethyl adjacent to an activating group) is 1. The van der Waals surface area contributed by atoms with Crippen molar-refractivity contribution in [2.45, 2.75) is 50.6 Å². The first-order chi connectivity index (χ1) is 7.33. The molecule has 1 N–H and O–H groups in total. The lowest BCUT2D eigenvalue weighted by molar-refractivity contribution is 0.164. The van der Waals surface area contributed by atoms with E-state index < -0.39 is 0 Å². The van der Waals surface area contributed by atoms with Crippen LogP contribution in [0.15, 0.2) is 0 Å². The summed E-state index contributed by atoms with van der Waals surface area (Å²) in [7, 11) is 2.35. The molecule has 2 aliphatic carbocycles. The largest absolute Gasteiger partial charge is 0.313 e. The van der Waals surface area contributed by atoms with Crippen LogP contribution in [0.5, 0.6) is 0 Å². The number of hydrogen-bond acceptors (Lipinski definition) is 2. The van der Waals surface area contributed by atoms with E-state index in [0.717, 1.165) is 23.9 Å². The zero-order valence-electron chi connectivity index (χ0n) is 9.91. The molecule has 2 saturated carbocycles. The molecule has 1 saturated heterocycles. The molecule has 0 aromatic heterocycles. The first-order valence-electron chi connectivity index (χ1n) is 6.76. The standard InChI is InChI=1S/C13H24N2/c1-15(9-12-3-2-6-14-12)13-8-10-4-5-11(13)7-10/h10-14H,2-9H2,1H3. The summed E-state index contributed by atoms with van der Waals surface area (Å²) >= 11 is 0. The van der Waals surface area contributed by atoms with Crippen molar-refractivity contribution in [1.29, 1.82) is 0 Å². The molecule has 0 amide bonds. The quantitative estimate of drug-likeness (QED) is 0.761. The average molecular weight is 208 g/mol. The fourth-order valence-electron chi connectivity index (χ4n) is 4.15. The molecule has 4 atom stereocenters. The molecule has 3 fully saturated rings. The van der Waals surface area contributed by atoms with Gasteiger partial charge in [0.1, 0.15) is 0 Å². The van der Waals surface area contributed by atoms with Crippen molar-refractivity contribution in [2.24, 2.45) is 11.8 Å². The summed E-state index contributed by atoms with van der Waals surface area (Å²) in [6, 6.07) is 1.71. The van der Waals surface area contributed by atoms with Crippen LogP contribution in [0, 0.1) is 11.8 Å². The van der Waals surface area contributed by atoms with Gasteiger partial charge in [0.15, 0.2) is 0 Å². The molecule has 0 radical (unpaired) electrons. The van der Waals surface area contributed by atoms with Crippen LogP contribution in [0.4, 0.5) is 0 Å². The molecular weight excluding hydrogens is 184 g/mol. The molecule has 15 heavy (non-hydrogen) atoms. The van der Waals surface area contributed by atoms with Gasteiger partial charge in [-0.15, -0.1) is 0 Å². The number of nitrogens with zero attached hydrogens (tertiary/aromatic N) is 1. The van der Waals surface area contributed by atoms with Crippen LogP contribution in [0.2, 0.25) is 0 Å². The van der Waals surface area contributed by atoms with Crippen LogP contribution in [0.25, 0.3) is 0 Å². The van der Waals surface area contributed by atoms with Gasteiger partial charge in [-0.3, -0.25) is 0 Å². The van der Waals surface area contributed by atoms with Crippen molar-refractivity contribution in [3.63, 3.8) is 0 Å². The van der Waals surface area contributed by atoms with Gasteiger partial charge < -0.3 is 10.2 Å². The molecule has 2 heteroatoms. The predicted molar refractivity (Wildman–Crippen MR) is 62.9 cm³/mol. The van der Waals surface area contributed by atoms with E-state index in [9.17, 15) is 0 Å². The van der Waals surface area contributed by atoms with Crippen molar-refractivity contribution in [2.75, 3.05) is 20.1 Å². The van der Waals surface area contributed by atoms with E-state index >= 15 is 0 Å². The Kier molecular flexibility index (Phi) is 2.73. The Balaban J connectivity index is 1.53. The average Bonchev–Trinajstić information content (AvgIpc) is 2.93. The topological polar surface area (TPSA) is 15.3 Å². The molecule has 1 heterocycles. The van der Waals surface area contributed by atoms with Gasteiger partial charge >= 0.3 is 0 Å². The molecule has 1 aliphatic heterocycles. The Morgan fingerprint density at radius 3 is 2.73 bits per heavy atom. The van der Waals surface area contributed by atoms with Crippen LogP contribution in [0.1, 0.15) is 38.5 Å². The summed E-state index contributed by atoms with van der Waals surface area (Å²) in [5, 5.41) is 3.61. The smallest absolute Gasteiger partial charge is 0.0195 e. The van der Waals surface area contributed by atoms with Crippen molar-refractivity contribution in [1.82, 2.24) is 10.2 Å². The van der Waals surface area contributed by atoms with Crippen LogP contribution in [-0.4, -0.2) is 37.1 Å². The third-order valence-electron chi connectivity index (χ3n) is 4.94. The maximum absolute atomic E-state index is 3.61. The Morgan fingerprint density at radius 2 is 2.13 bits per heavy atom. The van der Waals surface area contributed by atoms with E-state index in [2.05, 4.69) is 17.3 Å². The molecule has 3 rings (SSSR count). The second kappa shape index (κ2) is 4.06. The van der Waals surface area contributed by atoms with Crippen molar-refractivity contribution < 1.29 is 0 Å². The van der Waals surface area contributed by atoms with Gasteiger partial charge in [0.05, 0.1) is 0 Å². The van der Waals surface area contributed by atoms with Gasteiger partial charge in [0.2, 0.25) is 0 Å². The van der Waals surface area contributed by atoms with E-state index in [1.54, 1.807) is 0 Å². The highest BCUT2D eigenvalue weighted by atomic mass is 15.2. The lowest BCUT2D eigenvalue weighted by Crippen LogP contribution is -2.43. The summed E-state index contributed by atoms with van der Waals surface area (Å²) in [5.74, 6) is 2.13. The van der Waals surface area contributed by atoms with Crippen molar-refractivity contribution in [3.05, 3.63) is 0 Å². The van der Waals surface area contributed by atoms with Gasteiger partial charge in [0.25, 0.3) is 0 Å². The number of hydrogen-bond donors (Lipinski definition) is 1. The fraction of sp³-hybridized carbons (Fsp3) is 1.00. The Hall–Kier alpha value is -0.0800. The molecule has 0 spiro atoms. The van der Waals surface area contributed by atoms with E-state index in [1.165, 1.54) is 51.6 Å². The summed E-state index contributed by atoms with van der Waals surface area (Å²) in [6.45, 7) is 2.53. The van der Waals surface area contributed by atoms with Gasteiger partial charge in [-0.2, -0.15) is 0 Å². The highest BCUT2D eigenvalue weighted by molar-refractivity contribution is 4.95. The maximum Gasteiger partial charge on any atom is 0.0195 e. The van der Waals surface area contributed by atoms with E-state index in [1.807, 2.05) is 0 Å². The molecule has 3 aliphatic rings. The van der Waals surface area contributed by atoms with E-state index in [-0.39, 0.29) is 0 Å². The molecule has 2 bridgehead atoms. The molecule has 4 unspecified atom stereocenters. The zero-order valence-corrected chi connectivity index (χ0v) is 9.91. The highest BCUT2D eigenvalue weighted by Gasteiger charge is 2.41.